The molecule has 126 valence electrons. The molecule has 1 fully saturated rings. The second kappa shape index (κ2) is 8.02. The molecule has 1 aromatic heterocycles. The molecule has 6 nitrogen and oxygen atoms in total. The number of rotatable bonds is 3. The number of aromatic nitrogens is 2. The minimum Gasteiger partial charge on any atom is -0.475 e. The molecule has 22 heavy (non-hydrogen) atoms. The number of aliphatic carboxylic acids is 1. The fraction of sp³-hybridized carbons (Fsp3) is 0.692. The van der Waals surface area contributed by atoms with Gasteiger partial charge in [-0.2, -0.15) is 18.3 Å². The Hall–Kier alpha value is -1.77. The van der Waals surface area contributed by atoms with Gasteiger partial charge in [-0.15, -0.1) is 0 Å². The Morgan fingerprint density at radius 1 is 1.55 bits per heavy atom. The van der Waals surface area contributed by atoms with E-state index in [1.165, 1.54) is 19.4 Å². The van der Waals surface area contributed by atoms with Crippen molar-refractivity contribution in [3.05, 3.63) is 12.4 Å². The number of nitrogens with one attached hydrogen (secondary N) is 1. The fourth-order valence-corrected chi connectivity index (χ4v) is 2.19. The van der Waals surface area contributed by atoms with Crippen LogP contribution in [0.5, 0.6) is 0 Å². The number of piperidine rings is 1. The number of aryl methyl sites for hydroxylation is 1. The van der Waals surface area contributed by atoms with Crippen LogP contribution in [0.3, 0.4) is 0 Å². The molecule has 1 atom stereocenters. The first kappa shape index (κ1) is 18.3. The third-order valence-corrected chi connectivity index (χ3v) is 3.27. The van der Waals surface area contributed by atoms with Crippen LogP contribution in [0.4, 0.5) is 18.9 Å². The molecule has 1 unspecified atom stereocenters. The van der Waals surface area contributed by atoms with Crippen LogP contribution in [0, 0.1) is 0 Å². The van der Waals surface area contributed by atoms with E-state index in [0.29, 0.717) is 6.04 Å². The molecule has 1 aromatic rings. The van der Waals surface area contributed by atoms with Crippen LogP contribution in [0.25, 0.3) is 0 Å². The van der Waals surface area contributed by atoms with Crippen LogP contribution in [-0.2, 0) is 11.8 Å². The van der Waals surface area contributed by atoms with E-state index in [9.17, 15) is 13.2 Å². The highest BCUT2D eigenvalue weighted by molar-refractivity contribution is 5.73. The number of carboxylic acids is 1. The number of carboxylic acid groups (broad SMARTS) is 1. The number of alkyl halides is 3. The Bertz CT molecular complexity index is 476. The van der Waals surface area contributed by atoms with Crippen molar-refractivity contribution in [3.63, 3.8) is 0 Å². The highest BCUT2D eigenvalue weighted by Gasteiger charge is 2.38. The number of likely N-dealkylation sites (tertiary alicyclic amines) is 1. The molecule has 2 heterocycles. The van der Waals surface area contributed by atoms with E-state index < -0.39 is 12.1 Å². The first-order chi connectivity index (χ1) is 10.2. The van der Waals surface area contributed by atoms with Gasteiger partial charge in [0.25, 0.3) is 0 Å². The van der Waals surface area contributed by atoms with Gasteiger partial charge in [-0.05, 0) is 25.9 Å². The lowest BCUT2D eigenvalue weighted by Crippen LogP contribution is -2.41. The minimum atomic E-state index is -5.08. The molecule has 0 aliphatic carbocycles. The highest BCUT2D eigenvalue weighted by Crippen LogP contribution is 2.15. The molecule has 0 aromatic carbocycles. The summed E-state index contributed by atoms with van der Waals surface area (Å²) in [4.78, 5) is 11.4. The summed E-state index contributed by atoms with van der Waals surface area (Å²) in [5, 5.41) is 14.8. The standard InChI is InChI=1S/C11H20N4.C2HF3O2/c1-3-15-6-4-5-10(9-15)13-11-7-12-14(2)8-11;3-2(4,5)1(6)7/h7-8,10,13H,3-6,9H2,1-2H3;(H,6,7). The predicted molar refractivity (Wildman–Crippen MR) is 75.7 cm³/mol. The quantitative estimate of drug-likeness (QED) is 0.890. The minimum absolute atomic E-state index is 0.586. The monoisotopic (exact) mass is 322 g/mol. The van der Waals surface area contributed by atoms with E-state index >= 15 is 0 Å². The Kier molecular flexibility index (Phi) is 6.66. The van der Waals surface area contributed by atoms with Gasteiger partial charge in [0.05, 0.1) is 11.9 Å². The van der Waals surface area contributed by atoms with Crippen molar-refractivity contribution in [1.29, 1.82) is 0 Å². The maximum atomic E-state index is 10.6. The maximum absolute atomic E-state index is 10.6. The van der Waals surface area contributed by atoms with Gasteiger partial charge in [-0.3, -0.25) is 4.68 Å². The predicted octanol–water partition coefficient (Wildman–Crippen LogP) is 1.95. The largest absolute Gasteiger partial charge is 0.490 e. The normalized spacial score (nSPS) is 19.2. The van der Waals surface area contributed by atoms with E-state index in [-0.39, 0.29) is 0 Å². The number of carbonyl (C=O) groups is 1. The lowest BCUT2D eigenvalue weighted by Gasteiger charge is -2.32. The SMILES string of the molecule is CCN1CCCC(Nc2cnn(C)c2)C1.O=C(O)C(F)(F)F. The zero-order chi connectivity index (χ0) is 16.8. The molecule has 2 rings (SSSR count). The van der Waals surface area contributed by atoms with E-state index in [4.69, 9.17) is 9.90 Å². The number of anilines is 1. The van der Waals surface area contributed by atoms with Gasteiger partial charge < -0.3 is 15.3 Å². The topological polar surface area (TPSA) is 70.4 Å². The van der Waals surface area contributed by atoms with Crippen LogP contribution in [0.1, 0.15) is 19.8 Å². The Morgan fingerprint density at radius 3 is 2.64 bits per heavy atom. The summed E-state index contributed by atoms with van der Waals surface area (Å²) in [6.07, 6.45) is 1.41. The van der Waals surface area contributed by atoms with Gasteiger partial charge >= 0.3 is 12.1 Å². The Morgan fingerprint density at radius 2 is 2.18 bits per heavy atom. The zero-order valence-electron chi connectivity index (χ0n) is 12.6. The molecule has 0 bridgehead atoms. The van der Waals surface area contributed by atoms with Crippen molar-refractivity contribution in [2.45, 2.75) is 32.0 Å². The highest BCUT2D eigenvalue weighted by atomic mass is 19.4. The molecule has 9 heteroatoms. The molecular weight excluding hydrogens is 301 g/mol. The average molecular weight is 322 g/mol. The third-order valence-electron chi connectivity index (χ3n) is 3.27. The van der Waals surface area contributed by atoms with Crippen molar-refractivity contribution in [3.8, 4) is 0 Å². The molecule has 2 N–H and O–H groups in total. The molecule has 1 saturated heterocycles. The van der Waals surface area contributed by atoms with Gasteiger partial charge in [0, 0.05) is 25.8 Å². The van der Waals surface area contributed by atoms with E-state index in [0.717, 1.165) is 18.8 Å². The summed E-state index contributed by atoms with van der Waals surface area (Å²) in [7, 11) is 1.95. The Labute approximate surface area is 126 Å². The van der Waals surface area contributed by atoms with Gasteiger partial charge in [0.15, 0.2) is 0 Å². The van der Waals surface area contributed by atoms with Crippen molar-refractivity contribution in [2.24, 2.45) is 7.05 Å². The van der Waals surface area contributed by atoms with Crippen molar-refractivity contribution < 1.29 is 23.1 Å². The summed E-state index contributed by atoms with van der Waals surface area (Å²) in [5.74, 6) is -2.76. The average Bonchev–Trinajstić information content (AvgIpc) is 2.84. The second-order valence-corrected chi connectivity index (χ2v) is 5.08. The molecule has 0 amide bonds. The van der Waals surface area contributed by atoms with Crippen LogP contribution in [-0.4, -0.2) is 57.6 Å². The summed E-state index contributed by atoms with van der Waals surface area (Å²) in [5.41, 5.74) is 1.14. The molecular formula is C13H21F3N4O2. The van der Waals surface area contributed by atoms with Crippen LogP contribution in [0.15, 0.2) is 12.4 Å². The van der Waals surface area contributed by atoms with Gasteiger partial charge in [-0.1, -0.05) is 6.92 Å². The van der Waals surface area contributed by atoms with Crippen LogP contribution >= 0.6 is 0 Å². The van der Waals surface area contributed by atoms with Gasteiger partial charge in [0.2, 0.25) is 0 Å². The van der Waals surface area contributed by atoms with Gasteiger partial charge in [-0.25, -0.2) is 4.79 Å². The van der Waals surface area contributed by atoms with Crippen molar-refractivity contribution in [2.75, 3.05) is 25.0 Å². The second-order valence-electron chi connectivity index (χ2n) is 5.08. The maximum Gasteiger partial charge on any atom is 0.490 e. The number of hydrogen-bond donors (Lipinski definition) is 2. The number of halogens is 3. The van der Waals surface area contributed by atoms with Gasteiger partial charge in [0.1, 0.15) is 0 Å². The van der Waals surface area contributed by atoms with Crippen LogP contribution in [0.2, 0.25) is 0 Å². The smallest absolute Gasteiger partial charge is 0.475 e. The first-order valence-corrected chi connectivity index (χ1v) is 7.00. The molecule has 1 aliphatic heterocycles. The lowest BCUT2D eigenvalue weighted by molar-refractivity contribution is -0.192. The number of hydrogen-bond acceptors (Lipinski definition) is 4. The molecule has 0 radical (unpaired) electrons. The summed E-state index contributed by atoms with van der Waals surface area (Å²) < 4.78 is 33.6. The van der Waals surface area contributed by atoms with E-state index in [2.05, 4.69) is 22.2 Å². The molecule has 0 spiro atoms. The van der Waals surface area contributed by atoms with E-state index in [1.54, 1.807) is 0 Å². The van der Waals surface area contributed by atoms with E-state index in [1.807, 2.05) is 24.1 Å². The van der Waals surface area contributed by atoms with Crippen molar-refractivity contribution >= 4 is 11.7 Å². The fourth-order valence-electron chi connectivity index (χ4n) is 2.19. The first-order valence-electron chi connectivity index (χ1n) is 7.00. The zero-order valence-corrected chi connectivity index (χ0v) is 12.6. The Balaban J connectivity index is 0.000000295. The molecule has 1 aliphatic rings. The molecule has 0 saturated carbocycles. The summed E-state index contributed by atoms with van der Waals surface area (Å²) in [6, 6.07) is 0.586. The number of nitrogens with zero attached hydrogens (tertiary/aromatic N) is 3. The number of likely N-dealkylation sites (N-methyl/N-ethyl adjacent to an activating group) is 1. The third kappa shape index (κ3) is 6.33. The summed E-state index contributed by atoms with van der Waals surface area (Å²) >= 11 is 0. The lowest BCUT2D eigenvalue weighted by atomic mass is 10.1. The van der Waals surface area contributed by atoms with Crippen LogP contribution < -0.4 is 5.32 Å². The van der Waals surface area contributed by atoms with Crippen molar-refractivity contribution in [1.82, 2.24) is 14.7 Å². The summed E-state index contributed by atoms with van der Waals surface area (Å²) in [6.45, 7) is 5.80.